The highest BCUT2D eigenvalue weighted by Gasteiger charge is 2.31. The van der Waals surface area contributed by atoms with Gasteiger partial charge in [0.15, 0.2) is 4.96 Å². The van der Waals surface area contributed by atoms with Gasteiger partial charge in [0.1, 0.15) is 5.82 Å². The van der Waals surface area contributed by atoms with Crippen LogP contribution in [0.15, 0.2) is 40.8 Å². The van der Waals surface area contributed by atoms with Crippen LogP contribution in [-0.2, 0) is 12.7 Å². The van der Waals surface area contributed by atoms with Gasteiger partial charge in [-0.3, -0.25) is 14.1 Å². The molecule has 0 unspecified atom stereocenters. The number of nitrogens with zero attached hydrogens (tertiary/aromatic N) is 5. The van der Waals surface area contributed by atoms with Crippen LogP contribution in [0.1, 0.15) is 11.3 Å². The van der Waals surface area contributed by atoms with Crippen LogP contribution < -0.4 is 10.5 Å². The van der Waals surface area contributed by atoms with Crippen LogP contribution in [-0.4, -0.2) is 45.4 Å². The molecular formula is C17H16F3N5OS. The molecule has 3 aromatic heterocycles. The Balaban J connectivity index is 1.39. The Labute approximate surface area is 156 Å². The third-order valence-electron chi connectivity index (χ3n) is 4.51. The molecule has 6 nitrogen and oxygen atoms in total. The van der Waals surface area contributed by atoms with E-state index in [9.17, 15) is 18.0 Å². The van der Waals surface area contributed by atoms with E-state index in [0.717, 1.165) is 18.0 Å². The summed E-state index contributed by atoms with van der Waals surface area (Å²) in [6, 6.07) is 4.01. The zero-order valence-electron chi connectivity index (χ0n) is 14.2. The Morgan fingerprint density at radius 2 is 1.93 bits per heavy atom. The van der Waals surface area contributed by atoms with E-state index in [4.69, 9.17) is 0 Å². The van der Waals surface area contributed by atoms with Gasteiger partial charge >= 0.3 is 6.18 Å². The normalized spacial score (nSPS) is 16.2. The number of hydrogen-bond acceptors (Lipinski definition) is 6. The van der Waals surface area contributed by atoms with E-state index in [1.807, 2.05) is 10.3 Å². The second-order valence-electron chi connectivity index (χ2n) is 6.31. The maximum Gasteiger partial charge on any atom is 0.417 e. The van der Waals surface area contributed by atoms with Crippen molar-refractivity contribution in [2.75, 3.05) is 31.1 Å². The summed E-state index contributed by atoms with van der Waals surface area (Å²) in [5.74, 6) is 0.541. The summed E-state index contributed by atoms with van der Waals surface area (Å²) in [6.07, 6.45) is -1.80. The Morgan fingerprint density at radius 3 is 2.59 bits per heavy atom. The van der Waals surface area contributed by atoms with Gasteiger partial charge in [-0.25, -0.2) is 9.97 Å². The minimum absolute atomic E-state index is 0.0937. The van der Waals surface area contributed by atoms with Gasteiger partial charge in [0, 0.05) is 56.6 Å². The fraction of sp³-hybridized carbons (Fsp3) is 0.353. The highest BCUT2D eigenvalue weighted by Crippen LogP contribution is 2.29. The second kappa shape index (κ2) is 6.93. The summed E-state index contributed by atoms with van der Waals surface area (Å²) in [6.45, 7) is 3.30. The molecule has 0 atom stereocenters. The first-order chi connectivity index (χ1) is 12.9. The molecule has 4 rings (SSSR count). The largest absolute Gasteiger partial charge is 0.417 e. The van der Waals surface area contributed by atoms with Crippen LogP contribution in [0, 0.1) is 0 Å². The van der Waals surface area contributed by atoms with Crippen LogP contribution >= 0.6 is 11.3 Å². The Bertz CT molecular complexity index is 990. The van der Waals surface area contributed by atoms with Crippen molar-refractivity contribution in [2.45, 2.75) is 12.7 Å². The van der Waals surface area contributed by atoms with E-state index >= 15 is 0 Å². The summed E-state index contributed by atoms with van der Waals surface area (Å²) in [5, 5.41) is 1.82. The van der Waals surface area contributed by atoms with Crippen molar-refractivity contribution < 1.29 is 13.2 Å². The number of fused-ring (bicyclic) bond motifs is 1. The fourth-order valence-corrected chi connectivity index (χ4v) is 3.81. The molecule has 27 heavy (non-hydrogen) atoms. The van der Waals surface area contributed by atoms with E-state index < -0.39 is 11.7 Å². The predicted octanol–water partition coefficient (Wildman–Crippen LogP) is 2.49. The molecule has 142 valence electrons. The zero-order valence-corrected chi connectivity index (χ0v) is 15.0. The average Bonchev–Trinajstić information content (AvgIpc) is 3.11. The smallest absolute Gasteiger partial charge is 0.354 e. The lowest BCUT2D eigenvalue weighted by Gasteiger charge is -2.35. The van der Waals surface area contributed by atoms with Crippen LogP contribution in [0.4, 0.5) is 19.0 Å². The van der Waals surface area contributed by atoms with E-state index in [-0.39, 0.29) is 5.56 Å². The maximum absolute atomic E-state index is 12.6. The van der Waals surface area contributed by atoms with E-state index in [0.29, 0.717) is 43.5 Å². The molecule has 0 amide bonds. The van der Waals surface area contributed by atoms with Crippen molar-refractivity contribution >= 4 is 22.1 Å². The van der Waals surface area contributed by atoms with Crippen molar-refractivity contribution in [3.8, 4) is 0 Å². The molecule has 0 bridgehead atoms. The van der Waals surface area contributed by atoms with Gasteiger partial charge in [-0.05, 0) is 12.1 Å². The van der Waals surface area contributed by atoms with Gasteiger partial charge in [0.05, 0.1) is 11.3 Å². The van der Waals surface area contributed by atoms with Gasteiger partial charge in [-0.2, -0.15) is 13.2 Å². The second-order valence-corrected chi connectivity index (χ2v) is 7.18. The standard InChI is InChI=1S/C17H16F3N5OS/c18-17(19,20)12-1-2-14(21-10-12)24-5-3-23(4-6-24)11-13-9-15(26)25-7-8-27-16(25)22-13/h1-2,7-10H,3-6,11H2. The van der Waals surface area contributed by atoms with Crippen LogP contribution in [0.25, 0.3) is 4.96 Å². The fourth-order valence-electron chi connectivity index (χ4n) is 3.07. The van der Waals surface area contributed by atoms with Gasteiger partial charge in [-0.15, -0.1) is 11.3 Å². The van der Waals surface area contributed by atoms with Crippen molar-refractivity contribution in [1.82, 2.24) is 19.3 Å². The summed E-state index contributed by atoms with van der Waals surface area (Å²) in [4.78, 5) is 25.3. The molecule has 0 saturated carbocycles. The highest BCUT2D eigenvalue weighted by molar-refractivity contribution is 7.15. The first-order valence-electron chi connectivity index (χ1n) is 8.36. The summed E-state index contributed by atoms with van der Waals surface area (Å²) < 4.78 is 39.4. The first kappa shape index (κ1) is 17.9. The summed E-state index contributed by atoms with van der Waals surface area (Å²) in [5.41, 5.74) is -0.112. The quantitative estimate of drug-likeness (QED) is 0.682. The number of anilines is 1. The van der Waals surface area contributed by atoms with Crippen LogP contribution in [0.2, 0.25) is 0 Å². The number of alkyl halides is 3. The Morgan fingerprint density at radius 1 is 1.15 bits per heavy atom. The van der Waals surface area contributed by atoms with Crippen LogP contribution in [0.3, 0.4) is 0 Å². The van der Waals surface area contributed by atoms with Crippen molar-refractivity contribution in [1.29, 1.82) is 0 Å². The number of piperazine rings is 1. The topological polar surface area (TPSA) is 53.7 Å². The molecule has 0 N–H and O–H groups in total. The molecule has 10 heteroatoms. The van der Waals surface area contributed by atoms with Crippen molar-refractivity contribution in [3.63, 3.8) is 0 Å². The molecule has 0 aromatic carbocycles. The lowest BCUT2D eigenvalue weighted by molar-refractivity contribution is -0.137. The average molecular weight is 395 g/mol. The van der Waals surface area contributed by atoms with Gasteiger partial charge in [-0.1, -0.05) is 0 Å². The number of rotatable bonds is 3. The van der Waals surface area contributed by atoms with Crippen molar-refractivity contribution in [2.24, 2.45) is 0 Å². The molecule has 1 aliphatic heterocycles. The number of halogens is 3. The van der Waals surface area contributed by atoms with Gasteiger partial charge in [0.2, 0.25) is 0 Å². The monoisotopic (exact) mass is 395 g/mol. The number of pyridine rings is 1. The van der Waals surface area contributed by atoms with Gasteiger partial charge in [0.25, 0.3) is 5.56 Å². The van der Waals surface area contributed by atoms with Crippen molar-refractivity contribution in [3.05, 3.63) is 57.6 Å². The molecular weight excluding hydrogens is 379 g/mol. The third-order valence-corrected chi connectivity index (χ3v) is 5.27. The minimum Gasteiger partial charge on any atom is -0.354 e. The lowest BCUT2D eigenvalue weighted by Crippen LogP contribution is -2.46. The number of thiazole rings is 1. The summed E-state index contributed by atoms with van der Waals surface area (Å²) >= 11 is 1.41. The van der Waals surface area contributed by atoms with Crippen LogP contribution in [0.5, 0.6) is 0 Å². The molecule has 0 aliphatic carbocycles. The number of aromatic nitrogens is 3. The van der Waals surface area contributed by atoms with E-state index in [2.05, 4.69) is 14.9 Å². The Kier molecular flexibility index (Phi) is 4.60. The Hall–Kier alpha value is -2.46. The molecule has 0 radical (unpaired) electrons. The maximum atomic E-state index is 12.6. The van der Waals surface area contributed by atoms with E-state index in [1.165, 1.54) is 21.8 Å². The SMILES string of the molecule is O=c1cc(CN2CCN(c3ccc(C(F)(F)F)cn3)CC2)nc2sccn12. The molecule has 4 heterocycles. The predicted molar refractivity (Wildman–Crippen MR) is 96.1 cm³/mol. The van der Waals surface area contributed by atoms with E-state index in [1.54, 1.807) is 12.3 Å². The molecule has 1 aliphatic rings. The molecule has 1 fully saturated rings. The number of hydrogen-bond donors (Lipinski definition) is 0. The molecule has 3 aromatic rings. The summed E-state index contributed by atoms with van der Waals surface area (Å²) in [7, 11) is 0. The molecule has 1 saturated heterocycles. The molecule has 0 spiro atoms. The lowest BCUT2D eigenvalue weighted by atomic mass is 10.2. The zero-order chi connectivity index (χ0) is 19.0. The van der Waals surface area contributed by atoms with Gasteiger partial charge < -0.3 is 4.90 Å². The highest BCUT2D eigenvalue weighted by atomic mass is 32.1. The third kappa shape index (κ3) is 3.81. The minimum atomic E-state index is -4.38. The first-order valence-corrected chi connectivity index (χ1v) is 9.24.